The van der Waals surface area contributed by atoms with E-state index >= 15 is 0 Å². The largest absolute Gasteiger partial charge is 0.471 e. The number of hydrogen-bond donors (Lipinski definition) is 3. The van der Waals surface area contributed by atoms with Gasteiger partial charge in [0.1, 0.15) is 12.1 Å². The lowest BCUT2D eigenvalue weighted by atomic mass is 9.85. The van der Waals surface area contributed by atoms with Crippen LogP contribution in [0.25, 0.3) is 0 Å². The Kier molecular flexibility index (Phi) is 7.17. The number of nitrogens with one attached hydrogen (secondary N) is 3. The van der Waals surface area contributed by atoms with Gasteiger partial charge in [-0.3, -0.25) is 19.2 Å². The summed E-state index contributed by atoms with van der Waals surface area (Å²) in [4.78, 5) is 52.4. The van der Waals surface area contributed by atoms with Crippen LogP contribution in [0.2, 0.25) is 0 Å². The fraction of sp³-hybridized carbons (Fsp3) is 0.769. The SMILES string of the molecule is C#C[C@H](C[C@@H]1CC(C)(C)NC1=O)NC(=O)[C@@H]1[C@@H]2[C@H](CN1C(=O)[C@@H](NC(=O)C(F)(F)F)C(C)(C)C)C2(C)C. The third-order valence-electron chi connectivity index (χ3n) is 8.03. The number of piperidine rings is 1. The molecule has 1 aliphatic carbocycles. The van der Waals surface area contributed by atoms with Crippen LogP contribution in [0.5, 0.6) is 0 Å². The number of amides is 4. The van der Waals surface area contributed by atoms with E-state index in [0.717, 1.165) is 0 Å². The molecule has 11 heteroatoms. The summed E-state index contributed by atoms with van der Waals surface area (Å²) in [7, 11) is 0. The fourth-order valence-corrected chi connectivity index (χ4v) is 5.94. The third-order valence-corrected chi connectivity index (χ3v) is 8.03. The average molecular weight is 527 g/mol. The van der Waals surface area contributed by atoms with Gasteiger partial charge in [0.15, 0.2) is 0 Å². The van der Waals surface area contributed by atoms with Crippen LogP contribution in [0.3, 0.4) is 0 Å². The minimum absolute atomic E-state index is 0.0168. The highest BCUT2D eigenvalue weighted by Gasteiger charge is 2.70. The molecule has 0 radical (unpaired) electrons. The number of halogens is 3. The van der Waals surface area contributed by atoms with E-state index in [2.05, 4.69) is 16.6 Å². The van der Waals surface area contributed by atoms with Gasteiger partial charge in [-0.2, -0.15) is 13.2 Å². The number of carbonyl (C=O) groups is 4. The number of terminal acetylenes is 1. The van der Waals surface area contributed by atoms with E-state index in [1.807, 2.05) is 33.0 Å². The zero-order valence-electron chi connectivity index (χ0n) is 22.4. The molecule has 3 fully saturated rings. The molecule has 0 aromatic rings. The van der Waals surface area contributed by atoms with Crippen molar-refractivity contribution in [2.24, 2.45) is 28.6 Å². The van der Waals surface area contributed by atoms with Crippen LogP contribution in [-0.4, -0.2) is 64.9 Å². The first-order valence-electron chi connectivity index (χ1n) is 12.5. The minimum atomic E-state index is -5.16. The Morgan fingerprint density at radius 3 is 2.22 bits per heavy atom. The van der Waals surface area contributed by atoms with Gasteiger partial charge in [-0.15, -0.1) is 6.42 Å². The molecule has 2 heterocycles. The number of hydrogen-bond acceptors (Lipinski definition) is 4. The van der Waals surface area contributed by atoms with Crippen molar-refractivity contribution >= 4 is 23.6 Å². The molecule has 3 N–H and O–H groups in total. The number of nitrogens with zero attached hydrogens (tertiary/aromatic N) is 1. The second-order valence-corrected chi connectivity index (χ2v) is 12.9. The van der Waals surface area contributed by atoms with Gasteiger partial charge in [0.05, 0.1) is 6.04 Å². The van der Waals surface area contributed by atoms with Crippen LogP contribution in [0, 0.1) is 40.9 Å². The molecule has 2 saturated heterocycles. The molecule has 0 spiro atoms. The molecular formula is C26H37F3N4O4. The van der Waals surface area contributed by atoms with Gasteiger partial charge in [0, 0.05) is 18.0 Å². The van der Waals surface area contributed by atoms with Crippen molar-refractivity contribution in [3.63, 3.8) is 0 Å². The van der Waals surface area contributed by atoms with E-state index in [1.54, 1.807) is 20.8 Å². The number of carbonyl (C=O) groups excluding carboxylic acids is 4. The summed E-state index contributed by atoms with van der Waals surface area (Å²) >= 11 is 0. The molecule has 4 amide bonds. The molecule has 3 aliphatic rings. The minimum Gasteiger partial charge on any atom is -0.351 e. The fourth-order valence-electron chi connectivity index (χ4n) is 5.94. The van der Waals surface area contributed by atoms with Crippen LogP contribution in [0.1, 0.15) is 61.3 Å². The molecule has 6 atom stereocenters. The lowest BCUT2D eigenvalue weighted by Crippen LogP contribution is -2.61. The Bertz CT molecular complexity index is 1020. The van der Waals surface area contributed by atoms with Crippen molar-refractivity contribution in [2.75, 3.05) is 6.54 Å². The summed E-state index contributed by atoms with van der Waals surface area (Å²) in [6, 6.07) is -3.21. The second-order valence-electron chi connectivity index (χ2n) is 12.9. The first kappa shape index (κ1) is 28.8. The van der Waals surface area contributed by atoms with Crippen molar-refractivity contribution in [2.45, 2.75) is 91.1 Å². The van der Waals surface area contributed by atoms with Crippen LogP contribution in [-0.2, 0) is 19.2 Å². The van der Waals surface area contributed by atoms with Crippen LogP contribution in [0.4, 0.5) is 13.2 Å². The molecular weight excluding hydrogens is 489 g/mol. The molecule has 0 unspecified atom stereocenters. The monoisotopic (exact) mass is 526 g/mol. The predicted molar refractivity (Wildman–Crippen MR) is 129 cm³/mol. The lowest BCUT2D eigenvalue weighted by molar-refractivity contribution is -0.176. The highest BCUT2D eigenvalue weighted by Crippen LogP contribution is 2.65. The summed E-state index contributed by atoms with van der Waals surface area (Å²) in [6.07, 6.45) is 1.30. The Balaban J connectivity index is 1.80. The first-order chi connectivity index (χ1) is 16.7. The summed E-state index contributed by atoms with van der Waals surface area (Å²) < 4.78 is 39.0. The lowest BCUT2D eigenvalue weighted by Gasteiger charge is -2.38. The maximum absolute atomic E-state index is 13.6. The molecule has 3 rings (SSSR count). The number of rotatable bonds is 6. The van der Waals surface area contributed by atoms with Gasteiger partial charge in [0.2, 0.25) is 17.7 Å². The van der Waals surface area contributed by atoms with Crippen LogP contribution in [0.15, 0.2) is 0 Å². The van der Waals surface area contributed by atoms with Gasteiger partial charge in [0.25, 0.3) is 0 Å². The van der Waals surface area contributed by atoms with E-state index in [-0.39, 0.29) is 47.6 Å². The first-order valence-corrected chi connectivity index (χ1v) is 12.5. The zero-order chi connectivity index (χ0) is 28.3. The van der Waals surface area contributed by atoms with Gasteiger partial charge in [-0.05, 0) is 49.4 Å². The maximum atomic E-state index is 13.6. The van der Waals surface area contributed by atoms with Crippen molar-refractivity contribution in [1.82, 2.24) is 20.9 Å². The standard InChI is InChI=1S/C26H37F3N4O4/c1-9-14(10-13-11-24(5,6)32-19(13)34)30-20(35)17-16-15(25(16,7)8)12-33(17)21(36)18(23(2,3)4)31-22(37)26(27,28)29/h1,13-18H,10-12H2,2-8H3,(H,30,35)(H,31,37)(H,32,34)/t13-,14-,15+,16+,17+,18-/m1/s1. The highest BCUT2D eigenvalue weighted by molar-refractivity contribution is 5.95. The summed E-state index contributed by atoms with van der Waals surface area (Å²) in [5.41, 5.74) is -1.68. The molecule has 0 bridgehead atoms. The molecule has 8 nitrogen and oxygen atoms in total. The number of fused-ring (bicyclic) bond motifs is 1. The Morgan fingerprint density at radius 1 is 1.16 bits per heavy atom. The maximum Gasteiger partial charge on any atom is 0.471 e. The van der Waals surface area contributed by atoms with Crippen molar-refractivity contribution in [3.8, 4) is 12.3 Å². The Labute approximate surface area is 215 Å². The van der Waals surface area contributed by atoms with Crippen molar-refractivity contribution in [3.05, 3.63) is 0 Å². The smallest absolute Gasteiger partial charge is 0.351 e. The topological polar surface area (TPSA) is 108 Å². The van der Waals surface area contributed by atoms with E-state index < -0.39 is 47.4 Å². The van der Waals surface area contributed by atoms with E-state index in [4.69, 9.17) is 6.42 Å². The summed E-state index contributed by atoms with van der Waals surface area (Å²) in [5, 5.41) is 7.51. The highest BCUT2D eigenvalue weighted by atomic mass is 19.4. The van der Waals surface area contributed by atoms with E-state index in [1.165, 1.54) is 4.90 Å². The summed E-state index contributed by atoms with van der Waals surface area (Å²) in [6.45, 7) is 12.6. The average Bonchev–Trinajstić information content (AvgIpc) is 3.04. The van der Waals surface area contributed by atoms with E-state index in [0.29, 0.717) is 6.42 Å². The van der Waals surface area contributed by atoms with E-state index in [9.17, 15) is 32.3 Å². The molecule has 206 valence electrons. The Hall–Kier alpha value is -2.77. The van der Waals surface area contributed by atoms with Crippen LogP contribution < -0.4 is 16.0 Å². The van der Waals surface area contributed by atoms with Gasteiger partial charge in [-0.1, -0.05) is 40.5 Å². The molecule has 0 aromatic carbocycles. The van der Waals surface area contributed by atoms with Gasteiger partial charge >= 0.3 is 12.1 Å². The number of alkyl halides is 3. The van der Waals surface area contributed by atoms with Crippen molar-refractivity contribution < 1.29 is 32.3 Å². The molecule has 2 aliphatic heterocycles. The Morgan fingerprint density at radius 2 is 1.76 bits per heavy atom. The number of likely N-dealkylation sites (tertiary alicyclic amines) is 1. The van der Waals surface area contributed by atoms with Crippen molar-refractivity contribution in [1.29, 1.82) is 0 Å². The molecule has 37 heavy (non-hydrogen) atoms. The third kappa shape index (κ3) is 5.73. The van der Waals surface area contributed by atoms with Gasteiger partial charge in [-0.25, -0.2) is 0 Å². The normalized spacial score (nSPS) is 29.4. The zero-order valence-corrected chi connectivity index (χ0v) is 22.4. The summed E-state index contributed by atoms with van der Waals surface area (Å²) in [5.74, 6) is -1.71. The van der Waals surface area contributed by atoms with Gasteiger partial charge < -0.3 is 20.9 Å². The molecule has 0 aromatic heterocycles. The second kappa shape index (κ2) is 9.21. The predicted octanol–water partition coefficient (Wildman–Crippen LogP) is 1.99. The van der Waals surface area contributed by atoms with Crippen LogP contribution >= 0.6 is 0 Å². The molecule has 1 saturated carbocycles. The quantitative estimate of drug-likeness (QED) is 0.460.